The Morgan fingerprint density at radius 1 is 1.13 bits per heavy atom. The lowest BCUT2D eigenvalue weighted by Gasteiger charge is -2.27. The van der Waals surface area contributed by atoms with Crippen molar-refractivity contribution >= 4 is 10.9 Å². The smallest absolute Gasteiger partial charge is 0.0578 e. The lowest BCUT2D eigenvalue weighted by atomic mass is 10.0. The van der Waals surface area contributed by atoms with Crippen LogP contribution in [0.5, 0.6) is 0 Å². The van der Waals surface area contributed by atoms with Gasteiger partial charge in [0.25, 0.3) is 0 Å². The van der Waals surface area contributed by atoms with E-state index >= 15 is 0 Å². The lowest BCUT2D eigenvalue weighted by Crippen LogP contribution is -2.28. The van der Waals surface area contributed by atoms with Gasteiger partial charge >= 0.3 is 0 Å². The molecule has 0 aliphatic carbocycles. The molecule has 0 amide bonds. The highest BCUT2D eigenvalue weighted by atomic mass is 15.1. The molecular weight excluding hydrogens is 282 g/mol. The molecular formula is C20H23N3. The molecule has 4 rings (SSSR count). The Morgan fingerprint density at radius 3 is 2.78 bits per heavy atom. The summed E-state index contributed by atoms with van der Waals surface area (Å²) in [7, 11) is 2.21. The van der Waals surface area contributed by atoms with Crippen molar-refractivity contribution in [3.8, 4) is 0 Å². The van der Waals surface area contributed by atoms with E-state index in [1.165, 1.54) is 27.7 Å². The van der Waals surface area contributed by atoms with Crippen LogP contribution in [0.3, 0.4) is 0 Å². The Morgan fingerprint density at radius 2 is 1.96 bits per heavy atom. The minimum Gasteiger partial charge on any atom is -0.337 e. The van der Waals surface area contributed by atoms with Gasteiger partial charge in [0.15, 0.2) is 0 Å². The molecule has 1 atom stereocenters. The minimum atomic E-state index is 0.306. The van der Waals surface area contributed by atoms with Gasteiger partial charge in [-0.3, -0.25) is 4.98 Å². The van der Waals surface area contributed by atoms with Crippen molar-refractivity contribution in [3.05, 3.63) is 65.1 Å². The van der Waals surface area contributed by atoms with E-state index < -0.39 is 0 Å². The van der Waals surface area contributed by atoms with Crippen molar-refractivity contribution in [1.29, 1.82) is 0 Å². The standard InChI is InChI=1S/C20H23N3/c1-14-16(8-6-11-21-14)15(2)23-19-9-5-4-7-17(19)18-13-22(3)12-10-20(18)23/h4-9,11,15H,10,12-13H2,1-3H3. The number of aromatic nitrogens is 2. The number of hydrogen-bond acceptors (Lipinski definition) is 2. The Balaban J connectivity index is 1.95. The normalized spacial score (nSPS) is 16.5. The van der Waals surface area contributed by atoms with Crippen LogP contribution in [0.2, 0.25) is 0 Å². The molecule has 0 saturated carbocycles. The monoisotopic (exact) mass is 305 g/mol. The Labute approximate surface area is 137 Å². The van der Waals surface area contributed by atoms with E-state index in [0.717, 1.165) is 25.2 Å². The lowest BCUT2D eigenvalue weighted by molar-refractivity contribution is 0.308. The highest BCUT2D eigenvalue weighted by Gasteiger charge is 2.25. The van der Waals surface area contributed by atoms with E-state index in [2.05, 4.69) is 65.7 Å². The second-order valence-corrected chi connectivity index (χ2v) is 6.65. The molecule has 0 saturated heterocycles. The first-order valence-corrected chi connectivity index (χ1v) is 8.37. The number of benzene rings is 1. The molecule has 23 heavy (non-hydrogen) atoms. The fourth-order valence-electron chi connectivity index (χ4n) is 4.00. The van der Waals surface area contributed by atoms with Crippen LogP contribution in [0.25, 0.3) is 10.9 Å². The highest BCUT2D eigenvalue weighted by Crippen LogP contribution is 2.35. The maximum atomic E-state index is 4.49. The van der Waals surface area contributed by atoms with Gasteiger partial charge < -0.3 is 9.47 Å². The van der Waals surface area contributed by atoms with Crippen LogP contribution in [0.1, 0.15) is 35.5 Å². The maximum Gasteiger partial charge on any atom is 0.0578 e. The molecule has 118 valence electrons. The summed E-state index contributed by atoms with van der Waals surface area (Å²) in [6.07, 6.45) is 2.99. The van der Waals surface area contributed by atoms with Gasteiger partial charge in [0.1, 0.15) is 0 Å². The molecule has 2 aromatic heterocycles. The molecule has 0 radical (unpaired) electrons. The average molecular weight is 305 g/mol. The van der Waals surface area contributed by atoms with E-state index in [1.807, 2.05) is 12.3 Å². The maximum absolute atomic E-state index is 4.49. The van der Waals surface area contributed by atoms with E-state index in [4.69, 9.17) is 0 Å². The van der Waals surface area contributed by atoms with Crippen molar-refractivity contribution in [3.63, 3.8) is 0 Å². The van der Waals surface area contributed by atoms with Crippen LogP contribution < -0.4 is 0 Å². The summed E-state index contributed by atoms with van der Waals surface area (Å²) in [5, 5.41) is 1.41. The van der Waals surface area contributed by atoms with Crippen molar-refractivity contribution in [2.24, 2.45) is 0 Å². The van der Waals surface area contributed by atoms with Crippen LogP contribution in [-0.2, 0) is 13.0 Å². The average Bonchev–Trinajstić information content (AvgIpc) is 2.88. The quantitative estimate of drug-likeness (QED) is 0.715. The molecule has 0 bridgehead atoms. The molecule has 3 aromatic rings. The summed E-state index contributed by atoms with van der Waals surface area (Å²) >= 11 is 0. The highest BCUT2D eigenvalue weighted by molar-refractivity contribution is 5.86. The fourth-order valence-corrected chi connectivity index (χ4v) is 4.00. The first-order valence-electron chi connectivity index (χ1n) is 8.37. The first kappa shape index (κ1) is 14.5. The summed E-state index contributed by atoms with van der Waals surface area (Å²) in [5.41, 5.74) is 6.79. The number of fused-ring (bicyclic) bond motifs is 3. The molecule has 1 aliphatic heterocycles. The second kappa shape index (κ2) is 5.50. The molecule has 0 N–H and O–H groups in total. The van der Waals surface area contributed by atoms with Crippen molar-refractivity contribution in [2.45, 2.75) is 32.9 Å². The first-order chi connectivity index (χ1) is 11.2. The zero-order chi connectivity index (χ0) is 16.0. The van der Waals surface area contributed by atoms with Gasteiger partial charge in [0.05, 0.1) is 6.04 Å². The molecule has 1 aliphatic rings. The number of aryl methyl sites for hydroxylation is 1. The predicted octanol–water partition coefficient (Wildman–Crippen LogP) is 3.94. The third kappa shape index (κ3) is 2.27. The van der Waals surface area contributed by atoms with Crippen LogP contribution in [0.4, 0.5) is 0 Å². The van der Waals surface area contributed by atoms with E-state index in [-0.39, 0.29) is 0 Å². The number of pyridine rings is 1. The van der Waals surface area contributed by atoms with Gasteiger partial charge in [0.2, 0.25) is 0 Å². The van der Waals surface area contributed by atoms with Gasteiger partial charge in [-0.25, -0.2) is 0 Å². The number of hydrogen-bond donors (Lipinski definition) is 0. The predicted molar refractivity (Wildman–Crippen MR) is 94.8 cm³/mol. The molecule has 1 unspecified atom stereocenters. The molecule has 3 nitrogen and oxygen atoms in total. The Kier molecular flexibility index (Phi) is 3.46. The number of para-hydroxylation sites is 1. The van der Waals surface area contributed by atoms with Crippen molar-refractivity contribution < 1.29 is 0 Å². The zero-order valence-corrected chi connectivity index (χ0v) is 14.1. The van der Waals surface area contributed by atoms with Gasteiger partial charge in [0, 0.05) is 48.0 Å². The Hall–Kier alpha value is -2.13. The second-order valence-electron chi connectivity index (χ2n) is 6.65. The van der Waals surface area contributed by atoms with Crippen LogP contribution >= 0.6 is 0 Å². The van der Waals surface area contributed by atoms with Gasteiger partial charge in [-0.1, -0.05) is 24.3 Å². The minimum absolute atomic E-state index is 0.306. The summed E-state index contributed by atoms with van der Waals surface area (Å²) < 4.78 is 2.54. The van der Waals surface area contributed by atoms with E-state index in [0.29, 0.717) is 6.04 Å². The number of rotatable bonds is 2. The summed E-state index contributed by atoms with van der Waals surface area (Å²) in [5.74, 6) is 0. The molecule has 3 heterocycles. The van der Waals surface area contributed by atoms with Gasteiger partial charge in [-0.2, -0.15) is 0 Å². The molecule has 0 fully saturated rings. The van der Waals surface area contributed by atoms with E-state index in [9.17, 15) is 0 Å². The Bertz CT molecular complexity index is 862. The molecule has 1 aromatic carbocycles. The summed E-state index contributed by atoms with van der Waals surface area (Å²) in [6.45, 7) is 6.58. The van der Waals surface area contributed by atoms with Gasteiger partial charge in [-0.05, 0) is 44.2 Å². The molecule has 0 spiro atoms. The fraction of sp³-hybridized carbons (Fsp3) is 0.350. The third-order valence-corrected chi connectivity index (χ3v) is 5.17. The van der Waals surface area contributed by atoms with Crippen LogP contribution in [0.15, 0.2) is 42.6 Å². The number of likely N-dealkylation sites (N-methyl/N-ethyl adjacent to an activating group) is 1. The third-order valence-electron chi connectivity index (χ3n) is 5.17. The van der Waals surface area contributed by atoms with Crippen LogP contribution in [-0.4, -0.2) is 28.0 Å². The number of nitrogens with zero attached hydrogens (tertiary/aromatic N) is 3. The zero-order valence-electron chi connectivity index (χ0n) is 14.1. The topological polar surface area (TPSA) is 21.1 Å². The van der Waals surface area contributed by atoms with Crippen molar-refractivity contribution in [2.75, 3.05) is 13.6 Å². The summed E-state index contributed by atoms with van der Waals surface area (Å²) in [4.78, 5) is 6.91. The van der Waals surface area contributed by atoms with Crippen LogP contribution in [0, 0.1) is 6.92 Å². The largest absolute Gasteiger partial charge is 0.337 e. The molecule has 3 heteroatoms. The van der Waals surface area contributed by atoms with Crippen molar-refractivity contribution in [1.82, 2.24) is 14.5 Å². The summed E-state index contributed by atoms with van der Waals surface area (Å²) in [6, 6.07) is 13.4. The van der Waals surface area contributed by atoms with E-state index in [1.54, 1.807) is 0 Å². The SMILES string of the molecule is Cc1ncccc1C(C)n1c2c(c3ccccc31)CN(C)CC2. The van der Waals surface area contributed by atoms with Gasteiger partial charge in [-0.15, -0.1) is 0 Å².